The third-order valence-corrected chi connectivity index (χ3v) is 6.24. The van der Waals surface area contributed by atoms with Gasteiger partial charge in [0.1, 0.15) is 6.04 Å². The third-order valence-electron chi connectivity index (χ3n) is 5.21. The molecule has 2 rings (SSSR count). The molecule has 0 bridgehead atoms. The number of carbonyl (C=O) groups excluding carboxylic acids is 2. The van der Waals surface area contributed by atoms with E-state index < -0.39 is 6.04 Å². The van der Waals surface area contributed by atoms with E-state index in [1.54, 1.807) is 16.7 Å². The van der Waals surface area contributed by atoms with Gasteiger partial charge in [0.15, 0.2) is 0 Å². The van der Waals surface area contributed by atoms with E-state index in [2.05, 4.69) is 17.4 Å². The zero-order chi connectivity index (χ0) is 21.9. The smallest absolute Gasteiger partial charge is 0.242 e. The van der Waals surface area contributed by atoms with Crippen LogP contribution in [-0.4, -0.2) is 34.6 Å². The lowest BCUT2D eigenvalue weighted by molar-refractivity contribution is -0.140. The van der Waals surface area contributed by atoms with Gasteiger partial charge in [0.2, 0.25) is 11.8 Å². The molecule has 4 nitrogen and oxygen atoms in total. The van der Waals surface area contributed by atoms with E-state index in [0.29, 0.717) is 13.0 Å². The van der Waals surface area contributed by atoms with Crippen LogP contribution < -0.4 is 5.32 Å². The zero-order valence-corrected chi connectivity index (χ0v) is 19.4. The van der Waals surface area contributed by atoms with Gasteiger partial charge in [-0.2, -0.15) is 11.8 Å². The molecule has 0 aromatic heterocycles. The Morgan fingerprint density at radius 1 is 1.00 bits per heavy atom. The van der Waals surface area contributed by atoms with Crippen LogP contribution in [0.4, 0.5) is 0 Å². The maximum atomic E-state index is 13.1. The number of thioether (sulfide) groups is 1. The lowest BCUT2D eigenvalue weighted by Crippen LogP contribution is -2.49. The quantitative estimate of drug-likeness (QED) is 0.517. The largest absolute Gasteiger partial charge is 0.352 e. The summed E-state index contributed by atoms with van der Waals surface area (Å²) < 4.78 is 0. The number of benzene rings is 2. The fourth-order valence-electron chi connectivity index (χ4n) is 3.01. The highest BCUT2D eigenvalue weighted by Gasteiger charge is 2.26. The minimum atomic E-state index is -0.507. The van der Waals surface area contributed by atoms with Crippen molar-refractivity contribution < 1.29 is 9.59 Å². The Morgan fingerprint density at radius 2 is 1.67 bits per heavy atom. The van der Waals surface area contributed by atoms with Crippen LogP contribution in [0.2, 0.25) is 0 Å². The molecule has 30 heavy (non-hydrogen) atoms. The van der Waals surface area contributed by atoms with Gasteiger partial charge in [-0.1, -0.05) is 67.1 Å². The second kappa shape index (κ2) is 12.4. The van der Waals surface area contributed by atoms with Gasteiger partial charge in [-0.15, -0.1) is 0 Å². The van der Waals surface area contributed by atoms with Gasteiger partial charge in [-0.3, -0.25) is 9.59 Å². The first-order valence-electron chi connectivity index (χ1n) is 10.7. The molecule has 0 aliphatic rings. The number of hydrogen-bond donors (Lipinski definition) is 1. The van der Waals surface area contributed by atoms with Crippen LogP contribution in [0.25, 0.3) is 0 Å². The van der Waals surface area contributed by atoms with Gasteiger partial charge >= 0.3 is 0 Å². The van der Waals surface area contributed by atoms with Crippen LogP contribution in [-0.2, 0) is 21.9 Å². The second-order valence-electron chi connectivity index (χ2n) is 7.79. The Bertz CT molecular complexity index is 793. The first-order valence-corrected chi connectivity index (χ1v) is 11.8. The van der Waals surface area contributed by atoms with Crippen LogP contribution in [0.3, 0.4) is 0 Å². The third kappa shape index (κ3) is 7.86. The van der Waals surface area contributed by atoms with Gasteiger partial charge < -0.3 is 10.2 Å². The van der Waals surface area contributed by atoms with Gasteiger partial charge in [0, 0.05) is 30.5 Å². The Labute approximate surface area is 185 Å². The molecule has 2 atom stereocenters. The number of nitrogens with one attached hydrogen (secondary N) is 1. The van der Waals surface area contributed by atoms with Crippen molar-refractivity contribution in [2.75, 3.05) is 5.75 Å². The molecule has 0 saturated carbocycles. The average molecular weight is 427 g/mol. The molecular weight excluding hydrogens is 392 g/mol. The summed E-state index contributed by atoms with van der Waals surface area (Å²) >= 11 is 1.75. The summed E-state index contributed by atoms with van der Waals surface area (Å²) in [7, 11) is 0. The number of rotatable bonds is 11. The number of nitrogens with zero attached hydrogens (tertiary/aromatic N) is 1. The van der Waals surface area contributed by atoms with Crippen molar-refractivity contribution in [3.8, 4) is 0 Å². The van der Waals surface area contributed by atoms with E-state index in [4.69, 9.17) is 0 Å². The van der Waals surface area contributed by atoms with Crippen molar-refractivity contribution in [2.45, 2.75) is 64.9 Å². The standard InChI is InChI=1S/C25H34N2O2S/c1-5-20(3)26-25(29)21(4)27(17-22-13-11-19(2)12-14-22)24(28)15-16-30-18-23-9-7-6-8-10-23/h6-14,20-21H,5,15-18H2,1-4H3,(H,26,29). The van der Waals surface area contributed by atoms with Crippen LogP contribution >= 0.6 is 11.8 Å². The molecule has 0 fully saturated rings. The fraction of sp³-hybridized carbons (Fsp3) is 0.440. The van der Waals surface area contributed by atoms with Gasteiger partial charge in [0.05, 0.1) is 0 Å². The molecule has 0 spiro atoms. The average Bonchev–Trinajstić information content (AvgIpc) is 2.76. The SMILES string of the molecule is CCC(C)NC(=O)C(C)N(Cc1ccc(C)cc1)C(=O)CCSCc1ccccc1. The predicted octanol–water partition coefficient (Wildman–Crippen LogP) is 4.95. The summed E-state index contributed by atoms with van der Waals surface area (Å²) in [5, 5.41) is 3.01. The molecule has 1 N–H and O–H groups in total. The summed E-state index contributed by atoms with van der Waals surface area (Å²) in [6, 6.07) is 18.0. The summed E-state index contributed by atoms with van der Waals surface area (Å²) in [6.45, 7) is 8.32. The van der Waals surface area contributed by atoms with Crippen LogP contribution in [0.5, 0.6) is 0 Å². The van der Waals surface area contributed by atoms with E-state index >= 15 is 0 Å². The molecular formula is C25H34N2O2S. The lowest BCUT2D eigenvalue weighted by atomic mass is 10.1. The van der Waals surface area contributed by atoms with Crippen molar-refractivity contribution in [1.82, 2.24) is 10.2 Å². The number of aryl methyl sites for hydroxylation is 1. The van der Waals surface area contributed by atoms with E-state index in [9.17, 15) is 9.59 Å². The second-order valence-corrected chi connectivity index (χ2v) is 8.89. The van der Waals surface area contributed by atoms with Crippen LogP contribution in [0.1, 0.15) is 50.3 Å². The van der Waals surface area contributed by atoms with Crippen molar-refractivity contribution >= 4 is 23.6 Å². The molecule has 162 valence electrons. The maximum Gasteiger partial charge on any atom is 0.242 e. The zero-order valence-electron chi connectivity index (χ0n) is 18.6. The molecule has 0 radical (unpaired) electrons. The first kappa shape index (κ1) is 24.0. The molecule has 0 aliphatic heterocycles. The monoisotopic (exact) mass is 426 g/mol. The molecule has 5 heteroatoms. The van der Waals surface area contributed by atoms with Crippen molar-refractivity contribution in [3.63, 3.8) is 0 Å². The number of hydrogen-bond acceptors (Lipinski definition) is 3. The van der Waals surface area contributed by atoms with E-state index in [1.165, 1.54) is 11.1 Å². The maximum absolute atomic E-state index is 13.1. The topological polar surface area (TPSA) is 49.4 Å². The van der Waals surface area contributed by atoms with Crippen molar-refractivity contribution in [1.29, 1.82) is 0 Å². The molecule has 0 heterocycles. The summed E-state index contributed by atoms with van der Waals surface area (Å²) in [5.74, 6) is 1.54. The molecule has 0 saturated heterocycles. The predicted molar refractivity (Wildman–Crippen MR) is 126 cm³/mol. The Morgan fingerprint density at radius 3 is 2.30 bits per heavy atom. The Hall–Kier alpha value is -2.27. The van der Waals surface area contributed by atoms with Crippen molar-refractivity contribution in [3.05, 3.63) is 71.3 Å². The molecule has 2 unspecified atom stereocenters. The number of amides is 2. The lowest BCUT2D eigenvalue weighted by Gasteiger charge is -2.29. The number of carbonyl (C=O) groups is 2. The Balaban J connectivity index is 2.00. The summed E-state index contributed by atoms with van der Waals surface area (Å²) in [6.07, 6.45) is 1.28. The first-order chi connectivity index (χ1) is 14.4. The van der Waals surface area contributed by atoms with Crippen LogP contribution in [0.15, 0.2) is 54.6 Å². The minimum absolute atomic E-state index is 0.0166. The Kier molecular flexibility index (Phi) is 9.95. The highest BCUT2D eigenvalue weighted by atomic mass is 32.2. The van der Waals surface area contributed by atoms with Gasteiger partial charge in [-0.05, 0) is 38.3 Å². The fourth-order valence-corrected chi connectivity index (χ4v) is 3.90. The molecule has 2 aromatic rings. The summed E-state index contributed by atoms with van der Waals surface area (Å²) in [4.78, 5) is 27.5. The molecule has 2 aromatic carbocycles. The highest BCUT2D eigenvalue weighted by molar-refractivity contribution is 7.98. The highest BCUT2D eigenvalue weighted by Crippen LogP contribution is 2.16. The normalized spacial score (nSPS) is 12.8. The van der Waals surface area contributed by atoms with E-state index in [0.717, 1.165) is 23.5 Å². The van der Waals surface area contributed by atoms with Crippen LogP contribution in [0, 0.1) is 6.92 Å². The van der Waals surface area contributed by atoms with E-state index in [1.807, 2.05) is 70.2 Å². The molecule has 0 aliphatic carbocycles. The summed E-state index contributed by atoms with van der Waals surface area (Å²) in [5.41, 5.74) is 3.47. The van der Waals surface area contributed by atoms with Gasteiger partial charge in [-0.25, -0.2) is 0 Å². The van der Waals surface area contributed by atoms with Crippen molar-refractivity contribution in [2.24, 2.45) is 0 Å². The molecule has 2 amide bonds. The van der Waals surface area contributed by atoms with E-state index in [-0.39, 0.29) is 17.9 Å². The van der Waals surface area contributed by atoms with Gasteiger partial charge in [0.25, 0.3) is 0 Å². The minimum Gasteiger partial charge on any atom is -0.352 e.